The van der Waals surface area contributed by atoms with E-state index in [0.29, 0.717) is 6.61 Å². The Hall–Kier alpha value is 0.150. The summed E-state index contributed by atoms with van der Waals surface area (Å²) in [6, 6.07) is 0. The van der Waals surface area contributed by atoms with Crippen LogP contribution in [0.5, 0.6) is 0 Å². The van der Waals surface area contributed by atoms with Crippen molar-refractivity contribution in [1.82, 2.24) is 4.67 Å². The fourth-order valence-corrected chi connectivity index (χ4v) is 4.28. The van der Waals surface area contributed by atoms with Crippen LogP contribution in [-0.2, 0) is 9.09 Å². The van der Waals surface area contributed by atoms with Crippen molar-refractivity contribution in [2.45, 2.75) is 60.5 Å². The van der Waals surface area contributed by atoms with Gasteiger partial charge in [-0.2, -0.15) is 0 Å². The molecule has 0 aliphatic heterocycles. The van der Waals surface area contributed by atoms with Crippen molar-refractivity contribution in [2.75, 3.05) is 19.7 Å². The molecule has 0 aromatic rings. The highest BCUT2D eigenvalue weighted by Crippen LogP contribution is 2.61. The van der Waals surface area contributed by atoms with Gasteiger partial charge in [-0.15, -0.1) is 0 Å². The van der Waals surface area contributed by atoms with Gasteiger partial charge in [0, 0.05) is 13.1 Å². The van der Waals surface area contributed by atoms with Crippen molar-refractivity contribution >= 4 is 7.52 Å². The largest absolute Gasteiger partial charge is 0.316 e. The zero-order chi connectivity index (χ0) is 13.9. The van der Waals surface area contributed by atoms with Crippen molar-refractivity contribution in [3.63, 3.8) is 0 Å². The average molecular weight is 263 g/mol. The lowest BCUT2D eigenvalue weighted by Gasteiger charge is -2.39. The molecule has 0 saturated carbocycles. The summed E-state index contributed by atoms with van der Waals surface area (Å²) in [5.74, 6) is 0. The number of rotatable bonds is 5. The van der Waals surface area contributed by atoms with Crippen molar-refractivity contribution in [2.24, 2.45) is 5.41 Å². The van der Waals surface area contributed by atoms with E-state index >= 15 is 0 Å². The second-order valence-electron chi connectivity index (χ2n) is 6.66. The molecular formula is C13H30NO2P. The minimum Gasteiger partial charge on any atom is -0.316 e. The molecule has 0 saturated heterocycles. The minimum absolute atomic E-state index is 0.0358. The molecule has 0 spiro atoms. The predicted octanol–water partition coefficient (Wildman–Crippen LogP) is 4.38. The van der Waals surface area contributed by atoms with E-state index in [0.717, 1.165) is 13.1 Å². The number of hydrogen-bond acceptors (Lipinski definition) is 2. The monoisotopic (exact) mass is 263 g/mol. The van der Waals surface area contributed by atoms with Gasteiger partial charge in [0.1, 0.15) is 0 Å². The highest BCUT2D eigenvalue weighted by Gasteiger charge is 2.43. The Labute approximate surface area is 107 Å². The first-order valence-electron chi connectivity index (χ1n) is 6.48. The van der Waals surface area contributed by atoms with Gasteiger partial charge < -0.3 is 4.52 Å². The molecule has 0 aliphatic rings. The maximum atomic E-state index is 13.1. The summed E-state index contributed by atoms with van der Waals surface area (Å²) in [5.41, 5.74) is 0.0358. The highest BCUT2D eigenvalue weighted by molar-refractivity contribution is 7.58. The van der Waals surface area contributed by atoms with Crippen LogP contribution in [0.25, 0.3) is 0 Å². The number of hydrogen-bond donors (Lipinski definition) is 0. The standard InChI is InChI=1S/C13H30NO2P/c1-9-14(10-2)17(15,13(6,7)8)16-11-12(3,4)5/h9-11H2,1-8H3. The smallest absolute Gasteiger partial charge is 0.277 e. The molecule has 0 heterocycles. The molecule has 17 heavy (non-hydrogen) atoms. The van der Waals surface area contributed by atoms with Gasteiger partial charge in [-0.05, 0) is 26.2 Å². The third-order valence-electron chi connectivity index (χ3n) is 2.62. The van der Waals surface area contributed by atoms with Gasteiger partial charge in [0.2, 0.25) is 0 Å². The minimum atomic E-state index is -2.78. The average Bonchev–Trinajstić information content (AvgIpc) is 2.13. The van der Waals surface area contributed by atoms with Crippen LogP contribution < -0.4 is 0 Å². The van der Waals surface area contributed by atoms with Gasteiger partial charge in [0.05, 0.1) is 11.8 Å². The lowest BCUT2D eigenvalue weighted by molar-refractivity contribution is 0.171. The van der Waals surface area contributed by atoms with E-state index in [1.165, 1.54) is 0 Å². The topological polar surface area (TPSA) is 29.5 Å². The van der Waals surface area contributed by atoms with Gasteiger partial charge in [0.25, 0.3) is 7.52 Å². The van der Waals surface area contributed by atoms with Gasteiger partial charge in [-0.3, -0.25) is 4.57 Å². The molecule has 0 amide bonds. The van der Waals surface area contributed by atoms with E-state index in [1.54, 1.807) is 0 Å². The fraction of sp³-hybridized carbons (Fsp3) is 1.00. The normalized spacial score (nSPS) is 17.2. The first-order chi connectivity index (χ1) is 7.48. The van der Waals surface area contributed by atoms with Crippen molar-refractivity contribution in [1.29, 1.82) is 0 Å². The molecule has 0 fully saturated rings. The van der Waals surface area contributed by atoms with E-state index < -0.39 is 7.52 Å². The summed E-state index contributed by atoms with van der Waals surface area (Å²) in [6.45, 7) is 18.4. The maximum absolute atomic E-state index is 13.1. The summed E-state index contributed by atoms with van der Waals surface area (Å²) in [7, 11) is -2.78. The third-order valence-corrected chi connectivity index (χ3v) is 6.11. The predicted molar refractivity (Wildman–Crippen MR) is 75.7 cm³/mol. The molecule has 3 nitrogen and oxygen atoms in total. The van der Waals surface area contributed by atoms with Gasteiger partial charge in [0.15, 0.2) is 0 Å². The SMILES string of the molecule is CCN(CC)P(=O)(OCC(C)(C)C)C(C)(C)C. The van der Waals surface area contributed by atoms with Gasteiger partial charge in [-0.1, -0.05) is 34.6 Å². The van der Waals surface area contributed by atoms with Crippen molar-refractivity contribution in [3.05, 3.63) is 0 Å². The molecule has 1 atom stereocenters. The Bertz CT molecular complexity index is 272. The van der Waals surface area contributed by atoms with E-state index in [4.69, 9.17) is 4.52 Å². The van der Waals surface area contributed by atoms with Crippen LogP contribution in [0.4, 0.5) is 0 Å². The van der Waals surface area contributed by atoms with E-state index in [-0.39, 0.29) is 10.6 Å². The van der Waals surface area contributed by atoms with E-state index in [2.05, 4.69) is 20.8 Å². The Morgan fingerprint density at radius 2 is 1.41 bits per heavy atom. The quantitative estimate of drug-likeness (QED) is 0.689. The third kappa shape index (κ3) is 4.73. The molecule has 0 N–H and O–H groups in total. The first kappa shape index (κ1) is 17.2. The lowest BCUT2D eigenvalue weighted by Crippen LogP contribution is -2.33. The first-order valence-corrected chi connectivity index (χ1v) is 8.06. The summed E-state index contributed by atoms with van der Waals surface area (Å²) in [6.07, 6.45) is 0. The Balaban J connectivity index is 5.07. The Morgan fingerprint density at radius 3 is 1.65 bits per heavy atom. The second kappa shape index (κ2) is 5.86. The van der Waals surface area contributed by atoms with Gasteiger partial charge >= 0.3 is 0 Å². The second-order valence-corrected chi connectivity index (χ2v) is 9.87. The van der Waals surface area contributed by atoms with Crippen LogP contribution in [0.1, 0.15) is 55.4 Å². The van der Waals surface area contributed by atoms with Crippen LogP contribution >= 0.6 is 7.52 Å². The summed E-state index contributed by atoms with van der Waals surface area (Å²) < 4.78 is 21.0. The molecule has 0 aromatic carbocycles. The van der Waals surface area contributed by atoms with Crippen LogP contribution in [0.2, 0.25) is 0 Å². The van der Waals surface area contributed by atoms with E-state index in [9.17, 15) is 4.57 Å². The molecule has 0 aromatic heterocycles. The van der Waals surface area contributed by atoms with Crippen LogP contribution in [-0.4, -0.2) is 29.5 Å². The molecule has 104 valence electrons. The highest BCUT2D eigenvalue weighted by atomic mass is 31.2. The molecule has 4 heteroatoms. The summed E-state index contributed by atoms with van der Waals surface area (Å²) >= 11 is 0. The molecular weight excluding hydrogens is 233 g/mol. The molecule has 0 rings (SSSR count). The van der Waals surface area contributed by atoms with Crippen LogP contribution in [0.15, 0.2) is 0 Å². The molecule has 0 bridgehead atoms. The van der Waals surface area contributed by atoms with Gasteiger partial charge in [-0.25, -0.2) is 4.67 Å². The summed E-state index contributed by atoms with van der Waals surface area (Å²) in [5, 5.41) is -0.343. The van der Waals surface area contributed by atoms with Crippen molar-refractivity contribution < 1.29 is 9.09 Å². The molecule has 0 aliphatic carbocycles. The maximum Gasteiger partial charge on any atom is 0.277 e. The number of nitrogens with zero attached hydrogens (tertiary/aromatic N) is 1. The Kier molecular flexibility index (Phi) is 5.91. The van der Waals surface area contributed by atoms with Crippen LogP contribution in [0, 0.1) is 5.41 Å². The van der Waals surface area contributed by atoms with Crippen LogP contribution in [0.3, 0.4) is 0 Å². The Morgan fingerprint density at radius 1 is 1.00 bits per heavy atom. The summed E-state index contributed by atoms with van der Waals surface area (Å²) in [4.78, 5) is 0. The fourth-order valence-electron chi connectivity index (χ4n) is 1.58. The molecule has 1 unspecified atom stereocenters. The lowest BCUT2D eigenvalue weighted by atomic mass is 9.99. The zero-order valence-corrected chi connectivity index (χ0v) is 13.7. The van der Waals surface area contributed by atoms with Crippen molar-refractivity contribution in [3.8, 4) is 0 Å². The molecule has 0 radical (unpaired) electrons. The zero-order valence-electron chi connectivity index (χ0n) is 12.8. The van der Waals surface area contributed by atoms with E-state index in [1.807, 2.05) is 39.3 Å².